The van der Waals surface area contributed by atoms with Gasteiger partial charge in [-0.2, -0.15) is 0 Å². The second-order valence-electron chi connectivity index (χ2n) is 10.7. The normalized spacial score (nSPS) is 17.7. The molecule has 3 aromatic rings. The number of ether oxygens (including phenoxy) is 1. The van der Waals surface area contributed by atoms with Crippen molar-refractivity contribution in [1.29, 1.82) is 0 Å². The van der Waals surface area contributed by atoms with E-state index in [1.165, 1.54) is 12.4 Å². The lowest BCUT2D eigenvalue weighted by molar-refractivity contribution is -0.146. The highest BCUT2D eigenvalue weighted by molar-refractivity contribution is 6.39. The standard InChI is InChI=1S/C28H33N5O5/c1-16-6-9-22(19-7-8-21-18(13-19)10-11-29-24(21)34)33(15-16)26(36)25(35)31-20-12-17(2)23(30-14-20)32-27(37)38-28(3,4)5/h7-8,10-14,16,22H,6,9,15H2,1-5H3,(H,29,34)(H,31,35)(H,30,32,37). The summed E-state index contributed by atoms with van der Waals surface area (Å²) in [7, 11) is 0. The van der Waals surface area contributed by atoms with E-state index < -0.39 is 23.5 Å². The second-order valence-corrected chi connectivity index (χ2v) is 10.7. The van der Waals surface area contributed by atoms with Crippen molar-refractivity contribution in [2.45, 2.75) is 59.1 Å². The van der Waals surface area contributed by atoms with Crippen LogP contribution in [0.2, 0.25) is 0 Å². The average molecular weight is 520 g/mol. The zero-order valence-corrected chi connectivity index (χ0v) is 22.2. The molecule has 200 valence electrons. The number of amides is 3. The lowest BCUT2D eigenvalue weighted by Gasteiger charge is -2.38. The number of benzene rings is 1. The van der Waals surface area contributed by atoms with E-state index in [0.717, 1.165) is 17.4 Å². The SMILES string of the molecule is Cc1cc(NC(=O)C(=O)N2CC(C)CCC2c2ccc3c(O)nccc3c2)cnc1NC(=O)OC(C)(C)C. The van der Waals surface area contributed by atoms with Crippen LogP contribution in [0.1, 0.15) is 57.7 Å². The number of piperidine rings is 1. The van der Waals surface area contributed by atoms with Crippen LogP contribution in [-0.2, 0) is 14.3 Å². The van der Waals surface area contributed by atoms with E-state index in [-0.39, 0.29) is 17.8 Å². The summed E-state index contributed by atoms with van der Waals surface area (Å²) in [6.07, 6.45) is 3.92. The van der Waals surface area contributed by atoms with Gasteiger partial charge in [-0.1, -0.05) is 13.0 Å². The minimum Gasteiger partial charge on any atom is -0.493 e. The Morgan fingerprint density at radius 2 is 1.84 bits per heavy atom. The summed E-state index contributed by atoms with van der Waals surface area (Å²) < 4.78 is 5.25. The van der Waals surface area contributed by atoms with Crippen LogP contribution >= 0.6 is 0 Å². The van der Waals surface area contributed by atoms with Gasteiger partial charge >= 0.3 is 17.9 Å². The van der Waals surface area contributed by atoms with Crippen molar-refractivity contribution in [2.75, 3.05) is 17.2 Å². The largest absolute Gasteiger partial charge is 0.493 e. The molecule has 3 heterocycles. The summed E-state index contributed by atoms with van der Waals surface area (Å²) in [5.74, 6) is -0.895. The Hall–Kier alpha value is -4.21. The summed E-state index contributed by atoms with van der Waals surface area (Å²) >= 11 is 0. The van der Waals surface area contributed by atoms with Gasteiger partial charge in [0.25, 0.3) is 0 Å². The molecule has 0 saturated carbocycles. The van der Waals surface area contributed by atoms with Gasteiger partial charge in [0.1, 0.15) is 11.4 Å². The first-order chi connectivity index (χ1) is 17.9. The van der Waals surface area contributed by atoms with E-state index in [1.54, 1.807) is 50.8 Å². The number of pyridine rings is 2. The lowest BCUT2D eigenvalue weighted by atomic mass is 9.89. The molecule has 0 spiro atoms. The maximum atomic E-state index is 13.3. The van der Waals surface area contributed by atoms with Gasteiger partial charge < -0.3 is 20.1 Å². The highest BCUT2D eigenvalue weighted by Gasteiger charge is 2.34. The molecule has 1 saturated heterocycles. The van der Waals surface area contributed by atoms with Crippen molar-refractivity contribution in [3.63, 3.8) is 0 Å². The topological polar surface area (TPSA) is 134 Å². The van der Waals surface area contributed by atoms with Crippen molar-refractivity contribution >= 4 is 40.2 Å². The number of hydrogen-bond acceptors (Lipinski definition) is 7. The van der Waals surface area contributed by atoms with E-state index in [1.807, 2.05) is 12.1 Å². The first kappa shape index (κ1) is 26.8. The first-order valence-electron chi connectivity index (χ1n) is 12.6. The minimum absolute atomic E-state index is 0.0464. The molecule has 38 heavy (non-hydrogen) atoms. The third-order valence-electron chi connectivity index (χ3n) is 6.38. The number of carbonyl (C=O) groups excluding carboxylic acids is 3. The van der Waals surface area contributed by atoms with Crippen LogP contribution in [0.5, 0.6) is 5.88 Å². The molecule has 0 bridgehead atoms. The summed E-state index contributed by atoms with van der Waals surface area (Å²) in [5, 5.41) is 16.7. The third kappa shape index (κ3) is 6.19. The number of rotatable bonds is 3. The zero-order valence-electron chi connectivity index (χ0n) is 22.2. The van der Waals surface area contributed by atoms with Gasteiger partial charge in [0.05, 0.1) is 17.9 Å². The van der Waals surface area contributed by atoms with E-state index in [2.05, 4.69) is 27.5 Å². The maximum Gasteiger partial charge on any atom is 0.413 e. The molecule has 4 rings (SSSR count). The highest BCUT2D eigenvalue weighted by atomic mass is 16.6. The Morgan fingerprint density at radius 3 is 2.55 bits per heavy atom. The van der Waals surface area contributed by atoms with Gasteiger partial charge in [-0.05, 0) is 87.2 Å². The molecule has 10 nitrogen and oxygen atoms in total. The number of anilines is 2. The Labute approximate surface area is 221 Å². The second kappa shape index (κ2) is 10.6. The number of aryl methyl sites for hydroxylation is 1. The Morgan fingerprint density at radius 1 is 1.08 bits per heavy atom. The van der Waals surface area contributed by atoms with Crippen LogP contribution in [0.3, 0.4) is 0 Å². The van der Waals surface area contributed by atoms with E-state index >= 15 is 0 Å². The molecule has 3 N–H and O–H groups in total. The molecule has 2 atom stereocenters. The van der Waals surface area contributed by atoms with Gasteiger partial charge in [0.2, 0.25) is 5.88 Å². The number of fused-ring (bicyclic) bond motifs is 1. The molecule has 0 aliphatic carbocycles. The Balaban J connectivity index is 1.49. The van der Waals surface area contributed by atoms with Gasteiger partial charge in [0, 0.05) is 18.1 Å². The molecule has 0 radical (unpaired) electrons. The number of hydrogen-bond donors (Lipinski definition) is 3. The molecular formula is C28H33N5O5. The van der Waals surface area contributed by atoms with Crippen LogP contribution in [0.25, 0.3) is 10.8 Å². The monoisotopic (exact) mass is 519 g/mol. The molecule has 1 aliphatic rings. The summed E-state index contributed by atoms with van der Waals surface area (Å²) in [4.78, 5) is 48.2. The minimum atomic E-state index is -0.763. The van der Waals surface area contributed by atoms with Crippen molar-refractivity contribution in [1.82, 2.24) is 14.9 Å². The molecule has 1 aromatic carbocycles. The van der Waals surface area contributed by atoms with Crippen LogP contribution in [0.4, 0.5) is 16.3 Å². The average Bonchev–Trinajstić information content (AvgIpc) is 2.84. The summed E-state index contributed by atoms with van der Waals surface area (Å²) in [6.45, 7) is 9.52. The third-order valence-corrected chi connectivity index (χ3v) is 6.38. The molecule has 10 heteroatoms. The van der Waals surface area contributed by atoms with Crippen LogP contribution in [-0.4, -0.2) is 50.0 Å². The summed E-state index contributed by atoms with van der Waals surface area (Å²) in [5.41, 5.74) is 1.18. The molecule has 2 aromatic heterocycles. The van der Waals surface area contributed by atoms with E-state index in [9.17, 15) is 19.5 Å². The smallest absolute Gasteiger partial charge is 0.413 e. The van der Waals surface area contributed by atoms with Crippen LogP contribution in [0, 0.1) is 12.8 Å². The van der Waals surface area contributed by atoms with E-state index in [4.69, 9.17) is 4.74 Å². The number of carbonyl (C=O) groups is 3. The fourth-order valence-corrected chi connectivity index (χ4v) is 4.60. The van der Waals surface area contributed by atoms with Crippen molar-refractivity contribution < 1.29 is 24.2 Å². The van der Waals surface area contributed by atoms with Crippen molar-refractivity contribution in [3.8, 4) is 5.88 Å². The van der Waals surface area contributed by atoms with Crippen molar-refractivity contribution in [2.24, 2.45) is 5.92 Å². The summed E-state index contributed by atoms with van der Waals surface area (Å²) in [6, 6.07) is 8.75. The van der Waals surface area contributed by atoms with Gasteiger partial charge in [-0.3, -0.25) is 14.9 Å². The van der Waals surface area contributed by atoms with Gasteiger partial charge in [-0.25, -0.2) is 14.8 Å². The lowest BCUT2D eigenvalue weighted by Crippen LogP contribution is -2.46. The fraction of sp³-hybridized carbons (Fsp3) is 0.393. The van der Waals surface area contributed by atoms with Crippen molar-refractivity contribution in [3.05, 3.63) is 53.9 Å². The van der Waals surface area contributed by atoms with Gasteiger partial charge in [0.15, 0.2) is 0 Å². The highest BCUT2D eigenvalue weighted by Crippen LogP contribution is 2.35. The number of nitrogens with one attached hydrogen (secondary N) is 2. The molecule has 1 fully saturated rings. The number of likely N-dealkylation sites (tertiary alicyclic amines) is 1. The first-order valence-corrected chi connectivity index (χ1v) is 12.6. The number of aromatic nitrogens is 2. The molecule has 3 amide bonds. The Bertz CT molecular complexity index is 1380. The molecule has 2 unspecified atom stereocenters. The van der Waals surface area contributed by atoms with Crippen LogP contribution in [0.15, 0.2) is 42.7 Å². The van der Waals surface area contributed by atoms with Gasteiger partial charge in [-0.15, -0.1) is 0 Å². The predicted octanol–water partition coefficient (Wildman–Crippen LogP) is 4.93. The Kier molecular flexibility index (Phi) is 7.52. The zero-order chi connectivity index (χ0) is 27.6. The molecule has 1 aliphatic heterocycles. The number of nitrogens with zero attached hydrogens (tertiary/aromatic N) is 3. The quantitative estimate of drug-likeness (QED) is 0.418. The maximum absolute atomic E-state index is 13.3. The van der Waals surface area contributed by atoms with Crippen LogP contribution < -0.4 is 10.6 Å². The fourth-order valence-electron chi connectivity index (χ4n) is 4.60. The molecular weight excluding hydrogens is 486 g/mol. The predicted molar refractivity (Wildman–Crippen MR) is 144 cm³/mol. The van der Waals surface area contributed by atoms with E-state index in [0.29, 0.717) is 35.4 Å². The number of aromatic hydroxyl groups is 1.